The maximum Gasteiger partial charge on any atom is 0.238 e. The predicted octanol–water partition coefficient (Wildman–Crippen LogP) is 0.655. The van der Waals surface area contributed by atoms with E-state index < -0.39 is 0 Å². The highest BCUT2D eigenvalue weighted by molar-refractivity contribution is 5.93. The second-order valence-corrected chi connectivity index (χ2v) is 3.51. The van der Waals surface area contributed by atoms with Gasteiger partial charge in [-0.05, 0) is 19.1 Å². The lowest BCUT2D eigenvalue weighted by atomic mass is 10.4. The van der Waals surface area contributed by atoms with Crippen molar-refractivity contribution in [1.82, 2.24) is 10.3 Å². The molecule has 0 aliphatic heterocycles. The molecule has 100 valence electrons. The predicted molar refractivity (Wildman–Crippen MR) is 68.8 cm³/mol. The molecule has 1 aromatic heterocycles. The zero-order valence-electron chi connectivity index (χ0n) is 10.7. The number of anilines is 1. The van der Waals surface area contributed by atoms with E-state index in [9.17, 15) is 4.79 Å². The van der Waals surface area contributed by atoms with Crippen molar-refractivity contribution in [2.45, 2.75) is 6.92 Å². The summed E-state index contributed by atoms with van der Waals surface area (Å²) in [5.41, 5.74) is 0.581. The number of nitrogens with one attached hydrogen (secondary N) is 2. The molecule has 0 bridgehead atoms. The van der Waals surface area contributed by atoms with Gasteiger partial charge in [0.1, 0.15) is 5.69 Å². The van der Waals surface area contributed by atoms with Gasteiger partial charge in [-0.15, -0.1) is 0 Å². The average molecular weight is 253 g/mol. The molecule has 0 spiro atoms. The molecule has 0 saturated carbocycles. The van der Waals surface area contributed by atoms with Gasteiger partial charge < -0.3 is 20.1 Å². The van der Waals surface area contributed by atoms with Crippen LogP contribution in [0.25, 0.3) is 0 Å². The largest absolute Gasteiger partial charge is 0.476 e. The lowest BCUT2D eigenvalue weighted by Crippen LogP contribution is -2.30. The van der Waals surface area contributed by atoms with E-state index >= 15 is 0 Å². The van der Waals surface area contributed by atoms with Gasteiger partial charge >= 0.3 is 0 Å². The average Bonchev–Trinajstić information content (AvgIpc) is 2.37. The Morgan fingerprint density at radius 2 is 2.33 bits per heavy atom. The number of hydrogen-bond donors (Lipinski definition) is 2. The van der Waals surface area contributed by atoms with Crippen LogP contribution in [0.3, 0.4) is 0 Å². The van der Waals surface area contributed by atoms with Gasteiger partial charge in [0.15, 0.2) is 0 Å². The van der Waals surface area contributed by atoms with E-state index in [0.717, 1.165) is 0 Å². The minimum atomic E-state index is -0.139. The Bertz CT molecular complexity index is 371. The van der Waals surface area contributed by atoms with Gasteiger partial charge in [0, 0.05) is 19.9 Å². The highest BCUT2D eigenvalue weighted by atomic mass is 16.5. The van der Waals surface area contributed by atoms with Gasteiger partial charge in [0.05, 0.1) is 19.8 Å². The van der Waals surface area contributed by atoms with E-state index in [4.69, 9.17) is 9.47 Å². The molecule has 2 N–H and O–H groups in total. The summed E-state index contributed by atoms with van der Waals surface area (Å²) in [5.74, 6) is 0.297. The van der Waals surface area contributed by atoms with E-state index in [1.54, 1.807) is 25.4 Å². The molecular formula is C12H19N3O3. The zero-order chi connectivity index (χ0) is 13.2. The van der Waals surface area contributed by atoms with Crippen molar-refractivity contribution in [1.29, 1.82) is 0 Å². The fraction of sp³-hybridized carbons (Fsp3) is 0.500. The van der Waals surface area contributed by atoms with Crippen molar-refractivity contribution in [2.24, 2.45) is 0 Å². The summed E-state index contributed by atoms with van der Waals surface area (Å²) < 4.78 is 10.2. The molecule has 18 heavy (non-hydrogen) atoms. The maximum absolute atomic E-state index is 11.6. The van der Waals surface area contributed by atoms with Gasteiger partial charge in [0.2, 0.25) is 11.8 Å². The van der Waals surface area contributed by atoms with Crippen LogP contribution < -0.4 is 15.4 Å². The smallest absolute Gasteiger partial charge is 0.238 e. The first-order valence-electron chi connectivity index (χ1n) is 5.85. The van der Waals surface area contributed by atoms with Crippen LogP contribution in [0.2, 0.25) is 0 Å². The number of nitrogens with zero attached hydrogens (tertiary/aromatic N) is 1. The molecule has 0 aliphatic carbocycles. The molecule has 0 aliphatic rings. The second kappa shape index (κ2) is 8.43. The van der Waals surface area contributed by atoms with Crippen molar-refractivity contribution < 1.29 is 14.3 Å². The summed E-state index contributed by atoms with van der Waals surface area (Å²) in [5, 5.41) is 5.70. The molecule has 1 rings (SSSR count). The lowest BCUT2D eigenvalue weighted by molar-refractivity contribution is -0.115. The van der Waals surface area contributed by atoms with Crippen molar-refractivity contribution in [3.63, 3.8) is 0 Å². The highest BCUT2D eigenvalue weighted by Crippen LogP contribution is 2.19. The van der Waals surface area contributed by atoms with Crippen LogP contribution in [0.1, 0.15) is 6.92 Å². The minimum Gasteiger partial charge on any atom is -0.476 e. The molecule has 6 heteroatoms. The van der Waals surface area contributed by atoms with Crippen molar-refractivity contribution in [3.8, 4) is 5.88 Å². The van der Waals surface area contributed by atoms with E-state index in [2.05, 4.69) is 15.6 Å². The van der Waals surface area contributed by atoms with E-state index in [-0.39, 0.29) is 12.5 Å². The molecular weight excluding hydrogens is 234 g/mol. The lowest BCUT2D eigenvalue weighted by Gasteiger charge is -2.10. The first kappa shape index (κ1) is 14.4. The van der Waals surface area contributed by atoms with Crippen LogP contribution in [-0.4, -0.2) is 44.3 Å². The summed E-state index contributed by atoms with van der Waals surface area (Å²) in [6, 6.07) is 3.50. The third kappa shape index (κ3) is 5.11. The van der Waals surface area contributed by atoms with Crippen LogP contribution in [0.4, 0.5) is 5.69 Å². The number of carbonyl (C=O) groups is 1. The number of amides is 1. The topological polar surface area (TPSA) is 72.5 Å². The summed E-state index contributed by atoms with van der Waals surface area (Å²) in [4.78, 5) is 15.7. The second-order valence-electron chi connectivity index (χ2n) is 3.51. The Morgan fingerprint density at radius 1 is 1.50 bits per heavy atom. The molecule has 1 aromatic rings. The molecule has 1 heterocycles. The van der Waals surface area contributed by atoms with Crippen molar-refractivity contribution >= 4 is 11.6 Å². The summed E-state index contributed by atoms with van der Waals surface area (Å²) in [6.07, 6.45) is 1.62. The minimum absolute atomic E-state index is 0.139. The van der Waals surface area contributed by atoms with Crippen LogP contribution in [0, 0.1) is 0 Å². The number of methoxy groups -OCH3 is 1. The SMILES string of the molecule is CCOc1ncccc1NC(=O)CNCCOC. The monoisotopic (exact) mass is 253 g/mol. The van der Waals surface area contributed by atoms with E-state index in [1.165, 1.54) is 0 Å². The number of rotatable bonds is 8. The third-order valence-electron chi connectivity index (χ3n) is 2.09. The van der Waals surface area contributed by atoms with Crippen molar-refractivity contribution in [3.05, 3.63) is 18.3 Å². The molecule has 0 radical (unpaired) electrons. The fourth-order valence-corrected chi connectivity index (χ4v) is 1.31. The summed E-state index contributed by atoms with van der Waals surface area (Å²) >= 11 is 0. The maximum atomic E-state index is 11.6. The summed E-state index contributed by atoms with van der Waals surface area (Å²) in [7, 11) is 1.62. The van der Waals surface area contributed by atoms with Crippen LogP contribution in [0.5, 0.6) is 5.88 Å². The van der Waals surface area contributed by atoms with Gasteiger partial charge in [-0.3, -0.25) is 4.79 Å². The summed E-state index contributed by atoms with van der Waals surface area (Å²) in [6.45, 7) is 3.81. The molecule has 6 nitrogen and oxygen atoms in total. The Balaban J connectivity index is 2.43. The van der Waals surface area contributed by atoms with Gasteiger partial charge in [-0.25, -0.2) is 4.98 Å². The van der Waals surface area contributed by atoms with Crippen LogP contribution in [0.15, 0.2) is 18.3 Å². The number of ether oxygens (including phenoxy) is 2. The quantitative estimate of drug-likeness (QED) is 0.666. The normalized spacial score (nSPS) is 10.1. The highest BCUT2D eigenvalue weighted by Gasteiger charge is 2.07. The molecule has 1 amide bonds. The van der Waals surface area contributed by atoms with Gasteiger partial charge in [-0.2, -0.15) is 0 Å². The molecule has 0 unspecified atom stereocenters. The van der Waals surface area contributed by atoms with Crippen LogP contribution in [-0.2, 0) is 9.53 Å². The van der Waals surface area contributed by atoms with Gasteiger partial charge in [-0.1, -0.05) is 0 Å². The number of pyridine rings is 1. The number of hydrogen-bond acceptors (Lipinski definition) is 5. The van der Waals surface area contributed by atoms with E-state index in [1.807, 2.05) is 6.92 Å². The Labute approximate surface area is 107 Å². The number of carbonyl (C=O) groups excluding carboxylic acids is 1. The first-order chi connectivity index (χ1) is 8.77. The third-order valence-corrected chi connectivity index (χ3v) is 2.09. The zero-order valence-corrected chi connectivity index (χ0v) is 10.7. The Morgan fingerprint density at radius 3 is 3.06 bits per heavy atom. The molecule has 0 fully saturated rings. The molecule has 0 saturated heterocycles. The Hall–Kier alpha value is -1.66. The first-order valence-corrected chi connectivity index (χ1v) is 5.85. The van der Waals surface area contributed by atoms with E-state index in [0.29, 0.717) is 31.3 Å². The molecule has 0 atom stereocenters. The van der Waals surface area contributed by atoms with Crippen molar-refractivity contribution in [2.75, 3.05) is 38.7 Å². The van der Waals surface area contributed by atoms with Crippen LogP contribution >= 0.6 is 0 Å². The standard InChI is InChI=1S/C12H19N3O3/c1-3-18-12-10(5-4-6-14-12)15-11(16)9-13-7-8-17-2/h4-6,13H,3,7-9H2,1-2H3,(H,15,16). The molecule has 0 aromatic carbocycles. The number of aromatic nitrogens is 1. The Kier molecular flexibility index (Phi) is 6.75. The fourth-order valence-electron chi connectivity index (χ4n) is 1.31. The van der Waals surface area contributed by atoms with Gasteiger partial charge in [0.25, 0.3) is 0 Å².